The highest BCUT2D eigenvalue weighted by Crippen LogP contribution is 1.83. The smallest absolute Gasteiger partial charge is 0.307 e. The first-order valence-corrected chi connectivity index (χ1v) is 3.17. The summed E-state index contributed by atoms with van der Waals surface area (Å²) in [5.41, 5.74) is 0. The number of carbonyl (C=O) groups excluding carboxylic acids is 2. The first-order chi connectivity index (χ1) is 5.16. The first kappa shape index (κ1) is 9.62. The minimum Gasteiger partial charge on any atom is -0.435 e. The lowest BCUT2D eigenvalue weighted by Gasteiger charge is -1.87. The summed E-state index contributed by atoms with van der Waals surface area (Å²) in [6, 6.07) is 0. The zero-order valence-electron chi connectivity index (χ0n) is 6.53. The minimum atomic E-state index is -0.436. The Morgan fingerprint density at radius 1 is 1.27 bits per heavy atom. The molecule has 0 heterocycles. The topological polar surface area (TPSA) is 43.4 Å². The van der Waals surface area contributed by atoms with Gasteiger partial charge >= 0.3 is 5.97 Å². The van der Waals surface area contributed by atoms with Crippen molar-refractivity contribution in [2.45, 2.75) is 13.8 Å². The molecule has 0 aromatic carbocycles. The monoisotopic (exact) mass is 154 g/mol. The van der Waals surface area contributed by atoms with E-state index in [0.29, 0.717) is 0 Å². The molecule has 0 bridgehead atoms. The molecule has 0 saturated carbocycles. The highest BCUT2D eigenvalue weighted by atomic mass is 16.5. The van der Waals surface area contributed by atoms with Gasteiger partial charge in [0.25, 0.3) is 0 Å². The van der Waals surface area contributed by atoms with Gasteiger partial charge in [-0.3, -0.25) is 9.59 Å². The van der Waals surface area contributed by atoms with Gasteiger partial charge in [-0.1, -0.05) is 6.08 Å². The van der Waals surface area contributed by atoms with E-state index in [1.165, 1.54) is 19.1 Å². The van der Waals surface area contributed by atoms with Crippen molar-refractivity contribution in [3.05, 3.63) is 24.5 Å². The molecule has 11 heavy (non-hydrogen) atoms. The summed E-state index contributed by atoms with van der Waals surface area (Å²) in [5.74, 6) is -0.636. The predicted molar refractivity (Wildman–Crippen MR) is 40.7 cm³/mol. The van der Waals surface area contributed by atoms with E-state index in [9.17, 15) is 9.59 Å². The minimum absolute atomic E-state index is 0.200. The molecule has 0 N–H and O–H groups in total. The molecule has 0 aliphatic carbocycles. The fourth-order valence-corrected chi connectivity index (χ4v) is 0.417. The molecule has 0 rings (SSSR count). The van der Waals surface area contributed by atoms with Crippen molar-refractivity contribution in [1.82, 2.24) is 0 Å². The summed E-state index contributed by atoms with van der Waals surface area (Å²) in [6.45, 7) is 3.00. The Hall–Kier alpha value is -1.38. The van der Waals surface area contributed by atoms with Crippen LogP contribution < -0.4 is 0 Å². The lowest BCUT2D eigenvalue weighted by molar-refractivity contribution is -0.135. The van der Waals surface area contributed by atoms with Gasteiger partial charge in [0.2, 0.25) is 0 Å². The van der Waals surface area contributed by atoms with Crippen molar-refractivity contribution in [2.75, 3.05) is 0 Å². The number of rotatable bonds is 3. The summed E-state index contributed by atoms with van der Waals surface area (Å²) in [4.78, 5) is 20.8. The van der Waals surface area contributed by atoms with E-state index < -0.39 is 5.97 Å². The van der Waals surface area contributed by atoms with E-state index in [2.05, 4.69) is 4.74 Å². The van der Waals surface area contributed by atoms with Gasteiger partial charge in [-0.2, -0.15) is 0 Å². The van der Waals surface area contributed by atoms with Gasteiger partial charge in [0.1, 0.15) is 0 Å². The van der Waals surface area contributed by atoms with Crippen molar-refractivity contribution >= 4 is 11.8 Å². The maximum Gasteiger partial charge on any atom is 0.307 e. The zero-order valence-corrected chi connectivity index (χ0v) is 6.53. The van der Waals surface area contributed by atoms with Crippen molar-refractivity contribution in [1.29, 1.82) is 0 Å². The average molecular weight is 154 g/mol. The second-order valence-corrected chi connectivity index (χ2v) is 1.81. The molecular weight excluding hydrogens is 144 g/mol. The molecule has 3 nitrogen and oxygen atoms in total. The van der Waals surface area contributed by atoms with Gasteiger partial charge in [-0.15, -0.1) is 0 Å². The van der Waals surface area contributed by atoms with Crippen LogP contribution in [0, 0.1) is 0 Å². The van der Waals surface area contributed by atoms with Crippen molar-refractivity contribution in [3.63, 3.8) is 0 Å². The average Bonchev–Trinajstić information content (AvgIpc) is 1.87. The molecule has 3 heteroatoms. The van der Waals surface area contributed by atoms with Gasteiger partial charge in [-0.05, 0) is 13.0 Å². The molecule has 0 atom stereocenters. The van der Waals surface area contributed by atoms with Gasteiger partial charge < -0.3 is 4.74 Å². The number of carbonyl (C=O) groups is 2. The Bertz CT molecular complexity index is 201. The largest absolute Gasteiger partial charge is 0.435 e. The summed E-state index contributed by atoms with van der Waals surface area (Å²) in [7, 11) is 0. The van der Waals surface area contributed by atoms with Crippen LogP contribution >= 0.6 is 0 Å². The fourth-order valence-electron chi connectivity index (χ4n) is 0.417. The zero-order chi connectivity index (χ0) is 8.69. The third kappa shape index (κ3) is 6.51. The number of esters is 1. The molecule has 0 spiro atoms. The summed E-state index contributed by atoms with van der Waals surface area (Å²) < 4.78 is 4.38. The highest BCUT2D eigenvalue weighted by Gasteiger charge is 1.88. The number of hydrogen-bond donors (Lipinski definition) is 0. The third-order valence-electron chi connectivity index (χ3n) is 0.797. The van der Waals surface area contributed by atoms with Gasteiger partial charge in [0.05, 0.1) is 6.26 Å². The second kappa shape index (κ2) is 5.41. The maximum atomic E-state index is 10.7. The Morgan fingerprint density at radius 3 is 2.36 bits per heavy atom. The second-order valence-electron chi connectivity index (χ2n) is 1.81. The van der Waals surface area contributed by atoms with Crippen LogP contribution in [-0.2, 0) is 14.3 Å². The van der Waals surface area contributed by atoms with Gasteiger partial charge in [0.15, 0.2) is 5.78 Å². The number of allylic oxidation sites excluding steroid dienone is 3. The van der Waals surface area contributed by atoms with E-state index >= 15 is 0 Å². The molecule has 0 radical (unpaired) electrons. The van der Waals surface area contributed by atoms with Crippen molar-refractivity contribution in [3.8, 4) is 0 Å². The molecule has 0 fully saturated rings. The van der Waals surface area contributed by atoms with Crippen LogP contribution in [0.3, 0.4) is 0 Å². The quantitative estimate of drug-likeness (QED) is 0.348. The normalized spacial score (nSPS) is 10.7. The first-order valence-electron chi connectivity index (χ1n) is 3.17. The fraction of sp³-hybridized carbons (Fsp3) is 0.250. The van der Waals surface area contributed by atoms with E-state index in [4.69, 9.17) is 0 Å². The Kier molecular flexibility index (Phi) is 4.73. The lowest BCUT2D eigenvalue weighted by Crippen LogP contribution is -1.91. The SMILES string of the molecule is CC=CC(=O)C=COC(C)=O. The Balaban J connectivity index is 3.74. The Morgan fingerprint density at radius 2 is 1.91 bits per heavy atom. The molecule has 0 unspecified atom stereocenters. The van der Waals surface area contributed by atoms with Gasteiger partial charge in [-0.25, -0.2) is 0 Å². The van der Waals surface area contributed by atoms with Crippen LogP contribution in [0.5, 0.6) is 0 Å². The standard InChI is InChI=1S/C8H10O3/c1-3-4-8(10)5-6-11-7(2)9/h3-6H,1-2H3. The van der Waals surface area contributed by atoms with Crippen LogP contribution in [-0.4, -0.2) is 11.8 Å². The molecule has 0 aliphatic heterocycles. The van der Waals surface area contributed by atoms with Crippen LogP contribution in [0.1, 0.15) is 13.8 Å². The van der Waals surface area contributed by atoms with Crippen molar-refractivity contribution in [2.24, 2.45) is 0 Å². The highest BCUT2D eigenvalue weighted by molar-refractivity contribution is 5.99. The Labute approximate surface area is 65.4 Å². The number of ether oxygens (including phenoxy) is 1. The number of ketones is 1. The molecule has 0 aromatic rings. The molecule has 0 saturated heterocycles. The van der Waals surface area contributed by atoms with E-state index in [0.717, 1.165) is 6.26 Å². The predicted octanol–water partition coefficient (Wildman–Crippen LogP) is 1.21. The van der Waals surface area contributed by atoms with Crippen molar-refractivity contribution < 1.29 is 14.3 Å². The summed E-state index contributed by atoms with van der Waals surface area (Å²) >= 11 is 0. The van der Waals surface area contributed by atoms with Crippen LogP contribution in [0.4, 0.5) is 0 Å². The summed E-state index contributed by atoms with van der Waals surface area (Å²) in [5, 5.41) is 0. The maximum absolute atomic E-state index is 10.7. The van der Waals surface area contributed by atoms with Crippen LogP contribution in [0.2, 0.25) is 0 Å². The van der Waals surface area contributed by atoms with Crippen LogP contribution in [0.15, 0.2) is 24.5 Å². The van der Waals surface area contributed by atoms with Gasteiger partial charge in [0, 0.05) is 13.0 Å². The molecule has 0 amide bonds. The van der Waals surface area contributed by atoms with E-state index in [-0.39, 0.29) is 5.78 Å². The molecular formula is C8H10O3. The molecule has 0 aromatic heterocycles. The molecule has 60 valence electrons. The lowest BCUT2D eigenvalue weighted by atomic mass is 10.3. The number of hydrogen-bond acceptors (Lipinski definition) is 3. The summed E-state index contributed by atoms with van der Waals surface area (Å²) in [6.07, 6.45) is 5.24. The van der Waals surface area contributed by atoms with Crippen LogP contribution in [0.25, 0.3) is 0 Å². The van der Waals surface area contributed by atoms with E-state index in [1.54, 1.807) is 13.0 Å². The van der Waals surface area contributed by atoms with E-state index in [1.807, 2.05) is 0 Å². The molecule has 0 aliphatic rings. The third-order valence-corrected chi connectivity index (χ3v) is 0.797.